The number of likely N-dealkylation sites (tertiary alicyclic amines) is 1. The number of esters is 1. The van der Waals surface area contributed by atoms with Gasteiger partial charge in [-0.05, 0) is 50.2 Å². The molecule has 3 amide bonds. The Morgan fingerprint density at radius 2 is 1.73 bits per heavy atom. The van der Waals surface area contributed by atoms with Gasteiger partial charge in [-0.15, -0.1) is 13.2 Å². The summed E-state index contributed by atoms with van der Waals surface area (Å²) in [5.41, 5.74) is 0.514. The summed E-state index contributed by atoms with van der Waals surface area (Å²) in [4.78, 5) is 61.7. The van der Waals surface area contributed by atoms with E-state index in [2.05, 4.69) is 13.2 Å². The van der Waals surface area contributed by atoms with E-state index >= 15 is 0 Å². The first-order valence-corrected chi connectivity index (χ1v) is 18.3. The lowest BCUT2D eigenvalue weighted by molar-refractivity contribution is -0.164. The van der Waals surface area contributed by atoms with Crippen LogP contribution in [0.2, 0.25) is 0 Å². The molecule has 0 saturated carbocycles. The highest BCUT2D eigenvalue weighted by Crippen LogP contribution is 2.59. The van der Waals surface area contributed by atoms with Gasteiger partial charge in [-0.2, -0.15) is 0 Å². The number of aliphatic hydroxyl groups is 1. The molecule has 1 spiro atoms. The molecule has 2 aromatic rings. The van der Waals surface area contributed by atoms with Gasteiger partial charge in [0.1, 0.15) is 17.7 Å². The smallest absolute Gasteiger partial charge is 0.313 e. The highest BCUT2D eigenvalue weighted by molar-refractivity contribution is 5.98. The van der Waals surface area contributed by atoms with Crippen LogP contribution < -0.4 is 0 Å². The zero-order valence-electron chi connectivity index (χ0n) is 30.0. The Kier molecular flexibility index (Phi) is 12.9. The molecule has 3 aliphatic rings. The van der Waals surface area contributed by atoms with Crippen molar-refractivity contribution >= 4 is 23.7 Å². The van der Waals surface area contributed by atoms with E-state index in [1.807, 2.05) is 67.6 Å². The maximum absolute atomic E-state index is 14.7. The second-order valence-electron chi connectivity index (χ2n) is 14.1. The number of likely N-dealkylation sites (N-methyl/N-ethyl adjacent to an activating group) is 1. The summed E-state index contributed by atoms with van der Waals surface area (Å²) in [6.07, 6.45) is 6.73. The SMILES string of the molecule is C=CCCC(=O)N(C)[C@H](C)[C@H](OC(=O)[C@@H]1[C@H]2C(=O)N(CCCCCCO)[C@H](C(=O)N(CC=C)Cc3ccccc3)[C@]23CC[C@H]1O3)c1ccccc1. The topological polar surface area (TPSA) is 117 Å². The molecule has 0 radical (unpaired) electrons. The van der Waals surface area contributed by atoms with Gasteiger partial charge in [0.15, 0.2) is 0 Å². The molecule has 1 N–H and O–H groups in total. The summed E-state index contributed by atoms with van der Waals surface area (Å²) in [6, 6.07) is 17.6. The maximum Gasteiger partial charge on any atom is 0.313 e. The zero-order valence-corrected chi connectivity index (χ0v) is 30.0. The van der Waals surface area contributed by atoms with Gasteiger partial charge in [0, 0.05) is 39.7 Å². The van der Waals surface area contributed by atoms with Crippen LogP contribution in [0.25, 0.3) is 0 Å². The average molecular weight is 700 g/mol. The number of carbonyl (C=O) groups excluding carboxylic acids is 4. The van der Waals surface area contributed by atoms with Gasteiger partial charge in [0.05, 0.1) is 24.0 Å². The minimum Gasteiger partial charge on any atom is -0.455 e. The third-order valence-corrected chi connectivity index (χ3v) is 10.9. The first kappa shape index (κ1) is 38.0. The Labute approximate surface area is 302 Å². The molecular formula is C41H53N3O7. The molecule has 3 saturated heterocycles. The van der Waals surface area contributed by atoms with Gasteiger partial charge in [0.25, 0.3) is 0 Å². The number of carbonyl (C=O) groups is 4. The zero-order chi connectivity index (χ0) is 36.5. The number of amides is 3. The molecule has 3 fully saturated rings. The minimum atomic E-state index is -1.17. The van der Waals surface area contributed by atoms with Gasteiger partial charge in [0.2, 0.25) is 17.7 Å². The number of nitrogens with zero attached hydrogens (tertiary/aromatic N) is 3. The van der Waals surface area contributed by atoms with Crippen LogP contribution >= 0.6 is 0 Å². The van der Waals surface area contributed by atoms with Crippen molar-refractivity contribution in [3.8, 4) is 0 Å². The molecule has 0 aromatic heterocycles. The highest BCUT2D eigenvalue weighted by atomic mass is 16.6. The van der Waals surface area contributed by atoms with Crippen LogP contribution in [0.3, 0.4) is 0 Å². The Hall–Kier alpha value is -4.28. The summed E-state index contributed by atoms with van der Waals surface area (Å²) in [6.45, 7) is 10.5. The second kappa shape index (κ2) is 17.3. The van der Waals surface area contributed by atoms with Crippen LogP contribution in [0.5, 0.6) is 0 Å². The number of rotatable bonds is 19. The third kappa shape index (κ3) is 7.97. The van der Waals surface area contributed by atoms with E-state index in [-0.39, 0.29) is 37.3 Å². The van der Waals surface area contributed by atoms with Crippen molar-refractivity contribution < 1.29 is 33.8 Å². The fourth-order valence-electron chi connectivity index (χ4n) is 8.18. The Balaban J connectivity index is 1.45. The molecule has 5 rings (SSSR count). The minimum absolute atomic E-state index is 0.0943. The van der Waals surface area contributed by atoms with E-state index in [1.165, 1.54) is 0 Å². The Morgan fingerprint density at radius 1 is 1.04 bits per heavy atom. The monoisotopic (exact) mass is 699 g/mol. The number of fused-ring (bicyclic) bond motifs is 1. The van der Waals surface area contributed by atoms with E-state index in [0.29, 0.717) is 45.2 Å². The molecule has 0 unspecified atom stereocenters. The van der Waals surface area contributed by atoms with E-state index in [1.54, 1.807) is 33.9 Å². The number of hydrogen-bond donors (Lipinski definition) is 1. The quantitative estimate of drug-likeness (QED) is 0.121. The number of allylic oxidation sites excluding steroid dienone is 1. The molecule has 3 heterocycles. The number of aliphatic hydroxyl groups excluding tert-OH is 1. The Bertz CT molecular complexity index is 1530. The predicted molar refractivity (Wildman–Crippen MR) is 194 cm³/mol. The lowest BCUT2D eigenvalue weighted by Crippen LogP contribution is -2.56. The average Bonchev–Trinajstić information content (AvgIpc) is 3.79. The first-order valence-electron chi connectivity index (χ1n) is 18.3. The van der Waals surface area contributed by atoms with Crippen molar-refractivity contribution in [2.75, 3.05) is 26.7 Å². The lowest BCUT2D eigenvalue weighted by Gasteiger charge is -2.37. The fourth-order valence-corrected chi connectivity index (χ4v) is 8.18. The predicted octanol–water partition coefficient (Wildman–Crippen LogP) is 5.23. The molecular weight excluding hydrogens is 646 g/mol. The number of unbranched alkanes of at least 4 members (excludes halogenated alkanes) is 3. The third-order valence-electron chi connectivity index (χ3n) is 10.9. The van der Waals surface area contributed by atoms with Gasteiger partial charge in [-0.1, -0.05) is 85.7 Å². The van der Waals surface area contributed by atoms with E-state index in [0.717, 1.165) is 24.0 Å². The van der Waals surface area contributed by atoms with E-state index in [4.69, 9.17) is 9.47 Å². The van der Waals surface area contributed by atoms with Gasteiger partial charge in [-0.3, -0.25) is 19.2 Å². The fraction of sp³-hybridized carbons (Fsp3) is 0.512. The van der Waals surface area contributed by atoms with Crippen molar-refractivity contribution in [2.24, 2.45) is 11.8 Å². The number of ether oxygens (including phenoxy) is 2. The molecule has 51 heavy (non-hydrogen) atoms. The molecule has 10 nitrogen and oxygen atoms in total. The summed E-state index contributed by atoms with van der Waals surface area (Å²) in [5.74, 6) is -2.92. The van der Waals surface area contributed by atoms with Crippen molar-refractivity contribution in [1.29, 1.82) is 0 Å². The molecule has 7 atom stereocenters. The van der Waals surface area contributed by atoms with Crippen LogP contribution in [-0.4, -0.2) is 94.0 Å². The van der Waals surface area contributed by atoms with Crippen molar-refractivity contribution in [1.82, 2.24) is 14.7 Å². The van der Waals surface area contributed by atoms with Crippen LogP contribution in [0.15, 0.2) is 86.0 Å². The maximum atomic E-state index is 14.7. The van der Waals surface area contributed by atoms with Crippen LogP contribution in [0.1, 0.15) is 75.5 Å². The first-order chi connectivity index (χ1) is 24.7. The normalized spacial score (nSPS) is 24.5. The number of hydrogen-bond acceptors (Lipinski definition) is 7. The summed E-state index contributed by atoms with van der Waals surface area (Å²) >= 11 is 0. The lowest BCUT2D eigenvalue weighted by atomic mass is 9.70. The van der Waals surface area contributed by atoms with E-state index in [9.17, 15) is 24.3 Å². The summed E-state index contributed by atoms with van der Waals surface area (Å²) in [5, 5.41) is 9.28. The van der Waals surface area contributed by atoms with Gasteiger partial charge >= 0.3 is 5.97 Å². The van der Waals surface area contributed by atoms with Crippen LogP contribution in [-0.2, 0) is 35.2 Å². The summed E-state index contributed by atoms with van der Waals surface area (Å²) in [7, 11) is 1.70. The highest BCUT2D eigenvalue weighted by Gasteiger charge is 2.75. The second-order valence-corrected chi connectivity index (χ2v) is 14.1. The molecule has 274 valence electrons. The van der Waals surface area contributed by atoms with Gasteiger partial charge in [-0.25, -0.2) is 0 Å². The number of benzene rings is 2. The van der Waals surface area contributed by atoms with Crippen molar-refractivity contribution in [3.05, 3.63) is 97.1 Å². The molecule has 2 bridgehead atoms. The molecule has 2 aromatic carbocycles. The van der Waals surface area contributed by atoms with Crippen molar-refractivity contribution in [2.45, 2.75) is 94.7 Å². The van der Waals surface area contributed by atoms with E-state index < -0.39 is 47.7 Å². The Morgan fingerprint density at radius 3 is 2.39 bits per heavy atom. The summed E-state index contributed by atoms with van der Waals surface area (Å²) < 4.78 is 13.1. The van der Waals surface area contributed by atoms with Crippen LogP contribution in [0.4, 0.5) is 0 Å². The molecule has 3 aliphatic heterocycles. The largest absolute Gasteiger partial charge is 0.455 e. The van der Waals surface area contributed by atoms with Crippen LogP contribution in [0, 0.1) is 11.8 Å². The molecule has 0 aliphatic carbocycles. The standard InChI is InChI=1S/C41H53N3O7/c1-5-7-22-33(46)42(4)29(3)36(31-20-14-11-15-21-31)50-40(49)34-32-23-24-41(51-32)35(34)38(47)44(26-16-8-9-17-27-45)37(41)39(48)43(25-6-2)28-30-18-12-10-13-19-30/h5-6,10-15,18-21,29,32,34-37,45H,1-2,7-9,16-17,22-28H2,3-4H3/t29-,32-,34+,35+,36+,37-,41+/m1/s1. The molecule has 10 heteroatoms. The van der Waals surface area contributed by atoms with Crippen molar-refractivity contribution in [3.63, 3.8) is 0 Å². The van der Waals surface area contributed by atoms with Gasteiger partial charge < -0.3 is 29.3 Å².